The lowest BCUT2D eigenvalue weighted by Crippen LogP contribution is -2.32. The molecule has 1 aromatic carbocycles. The molecule has 28 heavy (non-hydrogen) atoms. The second kappa shape index (κ2) is 7.36. The van der Waals surface area contributed by atoms with Crippen LogP contribution in [0.3, 0.4) is 0 Å². The van der Waals surface area contributed by atoms with Crippen LogP contribution in [0.5, 0.6) is 0 Å². The van der Waals surface area contributed by atoms with Gasteiger partial charge < -0.3 is 0 Å². The highest BCUT2D eigenvalue weighted by Gasteiger charge is 2.37. The SMILES string of the molecule is BC(C)(C)c1cc(-c2ccc(C(C)(C)C)cc2)ncc1C(C)(C)C1CCCC1. The summed E-state index contributed by atoms with van der Waals surface area (Å²) in [5.74, 6) is 0.771. The van der Waals surface area contributed by atoms with Crippen molar-refractivity contribution in [1.29, 1.82) is 0 Å². The van der Waals surface area contributed by atoms with Gasteiger partial charge in [-0.3, -0.25) is 4.98 Å². The van der Waals surface area contributed by atoms with Crippen LogP contribution in [0.1, 0.15) is 90.8 Å². The quantitative estimate of drug-likeness (QED) is 0.565. The number of rotatable bonds is 4. The molecule has 2 heteroatoms. The molecule has 1 saturated carbocycles. The average molecular weight is 375 g/mol. The zero-order valence-corrected chi connectivity index (χ0v) is 19.3. The van der Waals surface area contributed by atoms with Gasteiger partial charge in [0.05, 0.1) is 5.69 Å². The lowest BCUT2D eigenvalue weighted by atomic mass is 9.61. The van der Waals surface area contributed by atoms with Gasteiger partial charge in [-0.05, 0) is 57.7 Å². The summed E-state index contributed by atoms with van der Waals surface area (Å²) in [5, 5.41) is 0.105. The fraction of sp³-hybridized carbons (Fsp3) is 0.577. The Balaban J connectivity index is 2.04. The van der Waals surface area contributed by atoms with Crippen molar-refractivity contribution in [3.8, 4) is 11.3 Å². The Morgan fingerprint density at radius 1 is 0.857 bits per heavy atom. The fourth-order valence-electron chi connectivity index (χ4n) is 4.76. The summed E-state index contributed by atoms with van der Waals surface area (Å²) in [6, 6.07) is 11.3. The molecule has 3 rings (SSSR count). The van der Waals surface area contributed by atoms with Crippen LogP contribution in [-0.2, 0) is 16.1 Å². The van der Waals surface area contributed by atoms with E-state index in [0.29, 0.717) is 0 Å². The Morgan fingerprint density at radius 3 is 1.93 bits per heavy atom. The Hall–Kier alpha value is -1.57. The third-order valence-corrected chi connectivity index (χ3v) is 6.83. The Kier molecular flexibility index (Phi) is 5.56. The standard InChI is InChI=1S/C26H38BN/c1-24(2,3)19-14-12-18(13-15-19)23-16-21(26(6,7)27)22(17-28-23)25(4,5)20-10-8-9-11-20/h12-17,20H,8-11,27H2,1-7H3. The molecule has 150 valence electrons. The van der Waals surface area contributed by atoms with Crippen LogP contribution in [0, 0.1) is 5.92 Å². The molecule has 1 aliphatic rings. The highest BCUT2D eigenvalue weighted by molar-refractivity contribution is 6.15. The lowest BCUT2D eigenvalue weighted by molar-refractivity contribution is 0.321. The molecule has 1 aliphatic carbocycles. The van der Waals surface area contributed by atoms with E-state index in [4.69, 9.17) is 4.98 Å². The van der Waals surface area contributed by atoms with Gasteiger partial charge >= 0.3 is 0 Å². The first-order valence-electron chi connectivity index (χ1n) is 11.0. The molecule has 1 heterocycles. The molecule has 2 aromatic rings. The van der Waals surface area contributed by atoms with E-state index in [2.05, 4.69) is 92.8 Å². The van der Waals surface area contributed by atoms with E-state index < -0.39 is 0 Å². The number of hydrogen-bond acceptors (Lipinski definition) is 1. The lowest BCUT2D eigenvalue weighted by Gasteiger charge is -2.37. The van der Waals surface area contributed by atoms with E-state index >= 15 is 0 Å². The second-order valence-corrected chi connectivity index (χ2v) is 11.4. The first kappa shape index (κ1) is 21.2. The molecule has 0 aliphatic heterocycles. The van der Waals surface area contributed by atoms with E-state index in [9.17, 15) is 0 Å². The van der Waals surface area contributed by atoms with Crippen LogP contribution in [-0.4, -0.2) is 12.8 Å². The van der Waals surface area contributed by atoms with Gasteiger partial charge in [-0.2, -0.15) is 0 Å². The maximum absolute atomic E-state index is 4.95. The van der Waals surface area contributed by atoms with Crippen molar-refractivity contribution in [2.45, 2.75) is 90.3 Å². The van der Waals surface area contributed by atoms with Crippen molar-refractivity contribution in [2.24, 2.45) is 5.92 Å². The molecular weight excluding hydrogens is 337 g/mol. The zero-order chi connectivity index (χ0) is 20.7. The predicted octanol–water partition coefficient (Wildman–Crippen LogP) is 6.38. The Bertz CT molecular complexity index is 813. The van der Waals surface area contributed by atoms with Crippen LogP contribution < -0.4 is 0 Å². The molecule has 1 nitrogen and oxygen atoms in total. The van der Waals surface area contributed by atoms with Crippen LogP contribution in [0.4, 0.5) is 0 Å². The third kappa shape index (κ3) is 4.21. The molecule has 0 bridgehead atoms. The number of pyridine rings is 1. The minimum Gasteiger partial charge on any atom is -0.256 e. The van der Waals surface area contributed by atoms with Crippen molar-refractivity contribution < 1.29 is 0 Å². The third-order valence-electron chi connectivity index (χ3n) is 6.83. The minimum absolute atomic E-state index is 0.105. The molecular formula is C26H38BN. The van der Waals surface area contributed by atoms with E-state index in [1.165, 1.54) is 47.9 Å². The number of hydrogen-bond donors (Lipinski definition) is 0. The van der Waals surface area contributed by atoms with Gasteiger partial charge in [0.1, 0.15) is 7.85 Å². The summed E-state index contributed by atoms with van der Waals surface area (Å²) in [7, 11) is 2.34. The van der Waals surface area contributed by atoms with Crippen LogP contribution in [0.25, 0.3) is 11.3 Å². The molecule has 0 N–H and O–H groups in total. The molecule has 0 radical (unpaired) electrons. The molecule has 0 amide bonds. The molecule has 0 unspecified atom stereocenters. The second-order valence-electron chi connectivity index (χ2n) is 11.4. The molecule has 0 atom stereocenters. The van der Waals surface area contributed by atoms with Gasteiger partial charge in [0, 0.05) is 11.8 Å². The van der Waals surface area contributed by atoms with Gasteiger partial charge in [-0.25, -0.2) is 0 Å². The average Bonchev–Trinajstić information content (AvgIpc) is 3.15. The largest absolute Gasteiger partial charge is 0.256 e. The van der Waals surface area contributed by atoms with E-state index in [1.807, 2.05) is 0 Å². The highest BCUT2D eigenvalue weighted by atomic mass is 14.7. The molecule has 1 fully saturated rings. The van der Waals surface area contributed by atoms with E-state index in [1.54, 1.807) is 0 Å². The fourth-order valence-corrected chi connectivity index (χ4v) is 4.76. The van der Waals surface area contributed by atoms with Crippen LogP contribution in [0.15, 0.2) is 36.5 Å². The summed E-state index contributed by atoms with van der Waals surface area (Å²) in [6.45, 7) is 16.3. The summed E-state index contributed by atoms with van der Waals surface area (Å²) >= 11 is 0. The number of aromatic nitrogens is 1. The highest BCUT2D eigenvalue weighted by Crippen LogP contribution is 2.45. The van der Waals surface area contributed by atoms with Gasteiger partial charge in [0.15, 0.2) is 0 Å². The number of benzene rings is 1. The molecule has 0 saturated heterocycles. The summed E-state index contributed by atoms with van der Waals surface area (Å²) in [4.78, 5) is 4.95. The predicted molar refractivity (Wildman–Crippen MR) is 125 cm³/mol. The van der Waals surface area contributed by atoms with Crippen LogP contribution >= 0.6 is 0 Å². The first-order chi connectivity index (χ1) is 12.9. The van der Waals surface area contributed by atoms with Crippen molar-refractivity contribution >= 4 is 7.85 Å². The first-order valence-corrected chi connectivity index (χ1v) is 11.0. The van der Waals surface area contributed by atoms with Gasteiger partial charge in [-0.15, -0.1) is 0 Å². The minimum atomic E-state index is 0.105. The maximum atomic E-state index is 4.95. The summed E-state index contributed by atoms with van der Waals surface area (Å²) in [6.07, 6.45) is 7.65. The van der Waals surface area contributed by atoms with Crippen molar-refractivity contribution in [3.05, 3.63) is 53.2 Å². The number of nitrogens with zero attached hydrogens (tertiary/aromatic N) is 1. The molecule has 0 spiro atoms. The Labute approximate surface area is 173 Å². The maximum Gasteiger partial charge on any atom is 0.114 e. The zero-order valence-electron chi connectivity index (χ0n) is 19.3. The monoisotopic (exact) mass is 375 g/mol. The van der Waals surface area contributed by atoms with Gasteiger partial charge in [0.25, 0.3) is 0 Å². The smallest absolute Gasteiger partial charge is 0.114 e. The van der Waals surface area contributed by atoms with Crippen molar-refractivity contribution in [1.82, 2.24) is 4.98 Å². The normalized spacial score (nSPS) is 16.5. The van der Waals surface area contributed by atoms with E-state index in [0.717, 1.165) is 11.6 Å². The van der Waals surface area contributed by atoms with Crippen molar-refractivity contribution in [2.75, 3.05) is 0 Å². The van der Waals surface area contributed by atoms with E-state index in [-0.39, 0.29) is 16.1 Å². The van der Waals surface area contributed by atoms with Gasteiger partial charge in [-0.1, -0.05) is 85.6 Å². The summed E-state index contributed by atoms with van der Waals surface area (Å²) < 4.78 is 0. The van der Waals surface area contributed by atoms with Crippen molar-refractivity contribution in [3.63, 3.8) is 0 Å². The van der Waals surface area contributed by atoms with Gasteiger partial charge in [0.2, 0.25) is 0 Å². The Morgan fingerprint density at radius 2 is 1.43 bits per heavy atom. The topological polar surface area (TPSA) is 12.9 Å². The van der Waals surface area contributed by atoms with Crippen LogP contribution in [0.2, 0.25) is 0 Å². The molecule has 1 aromatic heterocycles. The summed E-state index contributed by atoms with van der Waals surface area (Å²) in [5.41, 5.74) is 6.93.